The van der Waals surface area contributed by atoms with Crippen LogP contribution in [0.5, 0.6) is 0 Å². The Hall–Kier alpha value is -1.06. The maximum absolute atomic E-state index is 9.39. The largest absolute Gasteiger partial charge is 0.394 e. The highest BCUT2D eigenvalue weighted by Crippen LogP contribution is 2.29. The van der Waals surface area contributed by atoms with Crippen LogP contribution in [0, 0.1) is 5.92 Å². The lowest BCUT2D eigenvalue weighted by Crippen LogP contribution is -2.35. The molecule has 1 aromatic carbocycles. The standard InChI is InChI=1S/C13H19NO2/c1-10-6-7-14(13(10)9-16)12-4-2-11(8-15)3-5-12/h2-5,10,13,15-16H,6-9H2,1H3. The van der Waals surface area contributed by atoms with Gasteiger partial charge in [0.15, 0.2) is 0 Å². The summed E-state index contributed by atoms with van der Waals surface area (Å²) in [4.78, 5) is 2.26. The van der Waals surface area contributed by atoms with Crippen LogP contribution < -0.4 is 4.90 Å². The van der Waals surface area contributed by atoms with Gasteiger partial charge in [0.25, 0.3) is 0 Å². The summed E-state index contributed by atoms with van der Waals surface area (Å²) >= 11 is 0. The van der Waals surface area contributed by atoms with Crippen LogP contribution in [0.3, 0.4) is 0 Å². The zero-order valence-corrected chi connectivity index (χ0v) is 9.63. The van der Waals surface area contributed by atoms with Crippen molar-refractivity contribution in [3.63, 3.8) is 0 Å². The maximum Gasteiger partial charge on any atom is 0.0681 e. The molecule has 88 valence electrons. The van der Waals surface area contributed by atoms with Gasteiger partial charge in [-0.2, -0.15) is 0 Å². The smallest absolute Gasteiger partial charge is 0.0681 e. The zero-order chi connectivity index (χ0) is 11.5. The van der Waals surface area contributed by atoms with Crippen LogP contribution in [0.25, 0.3) is 0 Å². The quantitative estimate of drug-likeness (QED) is 0.810. The van der Waals surface area contributed by atoms with Crippen molar-refractivity contribution in [2.45, 2.75) is 26.0 Å². The van der Waals surface area contributed by atoms with Gasteiger partial charge in [-0.25, -0.2) is 0 Å². The molecule has 1 aromatic rings. The summed E-state index contributed by atoms with van der Waals surface area (Å²) in [5.41, 5.74) is 2.07. The van der Waals surface area contributed by atoms with Crippen LogP contribution >= 0.6 is 0 Å². The van der Waals surface area contributed by atoms with E-state index in [1.807, 2.05) is 24.3 Å². The van der Waals surface area contributed by atoms with Gasteiger partial charge in [-0.3, -0.25) is 0 Å². The minimum absolute atomic E-state index is 0.0834. The lowest BCUT2D eigenvalue weighted by atomic mass is 10.0. The van der Waals surface area contributed by atoms with Crippen LogP contribution in [0.1, 0.15) is 18.9 Å². The molecule has 0 amide bonds. The van der Waals surface area contributed by atoms with E-state index < -0.39 is 0 Å². The van der Waals surface area contributed by atoms with E-state index in [0.717, 1.165) is 24.2 Å². The molecule has 3 heteroatoms. The third-order valence-corrected chi connectivity index (χ3v) is 3.52. The molecule has 3 nitrogen and oxygen atoms in total. The molecule has 2 unspecified atom stereocenters. The number of benzene rings is 1. The second-order valence-corrected chi connectivity index (χ2v) is 4.53. The van der Waals surface area contributed by atoms with Crippen molar-refractivity contribution in [1.82, 2.24) is 0 Å². The molecule has 0 saturated carbocycles. The molecule has 1 aliphatic rings. The number of aliphatic hydroxyl groups excluding tert-OH is 2. The summed E-state index contributed by atoms with van der Waals surface area (Å²) in [6, 6.07) is 8.15. The molecule has 2 rings (SSSR count). The SMILES string of the molecule is CC1CCN(c2ccc(CO)cc2)C1CO. The summed E-state index contributed by atoms with van der Waals surface area (Å²) in [6.07, 6.45) is 1.13. The molecule has 2 N–H and O–H groups in total. The molecule has 0 bridgehead atoms. The van der Waals surface area contributed by atoms with Gasteiger partial charge in [0.1, 0.15) is 0 Å². The average Bonchev–Trinajstić information content (AvgIpc) is 2.70. The number of anilines is 1. The van der Waals surface area contributed by atoms with Gasteiger partial charge >= 0.3 is 0 Å². The fourth-order valence-electron chi connectivity index (χ4n) is 2.40. The Morgan fingerprint density at radius 2 is 1.94 bits per heavy atom. The highest BCUT2D eigenvalue weighted by Gasteiger charge is 2.30. The van der Waals surface area contributed by atoms with Crippen molar-refractivity contribution in [2.75, 3.05) is 18.1 Å². The van der Waals surface area contributed by atoms with Crippen molar-refractivity contribution in [3.05, 3.63) is 29.8 Å². The van der Waals surface area contributed by atoms with Crippen LogP contribution in [-0.2, 0) is 6.61 Å². The Morgan fingerprint density at radius 1 is 1.25 bits per heavy atom. The molecule has 1 aliphatic heterocycles. The lowest BCUT2D eigenvalue weighted by Gasteiger charge is -2.27. The van der Waals surface area contributed by atoms with E-state index in [9.17, 15) is 5.11 Å². The Bertz CT molecular complexity index is 336. The fourth-order valence-corrected chi connectivity index (χ4v) is 2.40. The van der Waals surface area contributed by atoms with E-state index in [2.05, 4.69) is 11.8 Å². The van der Waals surface area contributed by atoms with E-state index in [1.165, 1.54) is 0 Å². The molecule has 0 aromatic heterocycles. The predicted octanol–water partition coefficient (Wildman–Crippen LogP) is 1.39. The second kappa shape index (κ2) is 4.85. The molecule has 0 spiro atoms. The number of rotatable bonds is 3. The molecule has 1 fully saturated rings. The van der Waals surface area contributed by atoms with Crippen molar-refractivity contribution < 1.29 is 10.2 Å². The lowest BCUT2D eigenvalue weighted by molar-refractivity contribution is 0.244. The first kappa shape index (κ1) is 11.4. The van der Waals surface area contributed by atoms with Crippen LogP contribution in [0.15, 0.2) is 24.3 Å². The monoisotopic (exact) mass is 221 g/mol. The van der Waals surface area contributed by atoms with E-state index in [1.54, 1.807) is 0 Å². The first-order valence-electron chi connectivity index (χ1n) is 5.83. The Balaban J connectivity index is 2.17. The molecule has 2 atom stereocenters. The molecular formula is C13H19NO2. The highest BCUT2D eigenvalue weighted by molar-refractivity contribution is 5.49. The van der Waals surface area contributed by atoms with E-state index >= 15 is 0 Å². The number of nitrogens with zero attached hydrogens (tertiary/aromatic N) is 1. The van der Waals surface area contributed by atoms with Gasteiger partial charge in [-0.1, -0.05) is 19.1 Å². The molecule has 1 heterocycles. The Kier molecular flexibility index (Phi) is 3.46. The molecular weight excluding hydrogens is 202 g/mol. The summed E-state index contributed by atoms with van der Waals surface area (Å²) in [5, 5.41) is 18.4. The first-order chi connectivity index (χ1) is 7.76. The molecule has 16 heavy (non-hydrogen) atoms. The van der Waals surface area contributed by atoms with E-state index in [-0.39, 0.29) is 19.3 Å². The van der Waals surface area contributed by atoms with Crippen LogP contribution in [-0.4, -0.2) is 29.4 Å². The van der Waals surface area contributed by atoms with Gasteiger partial charge in [0.05, 0.1) is 19.3 Å². The summed E-state index contributed by atoms with van der Waals surface area (Å²) in [5.74, 6) is 0.544. The van der Waals surface area contributed by atoms with Crippen molar-refractivity contribution >= 4 is 5.69 Å². The fraction of sp³-hybridized carbons (Fsp3) is 0.538. The average molecular weight is 221 g/mol. The van der Waals surface area contributed by atoms with Gasteiger partial charge in [0.2, 0.25) is 0 Å². The molecule has 1 saturated heterocycles. The van der Waals surface area contributed by atoms with E-state index in [0.29, 0.717) is 5.92 Å². The maximum atomic E-state index is 9.39. The molecule has 0 radical (unpaired) electrons. The zero-order valence-electron chi connectivity index (χ0n) is 9.63. The summed E-state index contributed by atoms with van der Waals surface area (Å²) < 4.78 is 0. The summed E-state index contributed by atoms with van der Waals surface area (Å²) in [6.45, 7) is 3.48. The third-order valence-electron chi connectivity index (χ3n) is 3.52. The number of aliphatic hydroxyl groups is 2. The predicted molar refractivity (Wildman–Crippen MR) is 64.4 cm³/mol. The highest BCUT2D eigenvalue weighted by atomic mass is 16.3. The van der Waals surface area contributed by atoms with Crippen LogP contribution in [0.4, 0.5) is 5.69 Å². The van der Waals surface area contributed by atoms with E-state index in [4.69, 9.17) is 5.11 Å². The van der Waals surface area contributed by atoms with Gasteiger partial charge < -0.3 is 15.1 Å². The normalized spacial score (nSPS) is 25.1. The van der Waals surface area contributed by atoms with Crippen LogP contribution in [0.2, 0.25) is 0 Å². The first-order valence-corrected chi connectivity index (χ1v) is 5.83. The number of hydrogen-bond acceptors (Lipinski definition) is 3. The van der Waals surface area contributed by atoms with Gasteiger partial charge in [0, 0.05) is 12.2 Å². The Labute approximate surface area is 96.3 Å². The topological polar surface area (TPSA) is 43.7 Å². The Morgan fingerprint density at radius 3 is 2.50 bits per heavy atom. The third kappa shape index (κ3) is 2.06. The summed E-state index contributed by atoms with van der Waals surface area (Å²) in [7, 11) is 0. The van der Waals surface area contributed by atoms with Crippen molar-refractivity contribution in [2.24, 2.45) is 5.92 Å². The number of hydrogen-bond donors (Lipinski definition) is 2. The van der Waals surface area contributed by atoms with Gasteiger partial charge in [-0.05, 0) is 30.0 Å². The second-order valence-electron chi connectivity index (χ2n) is 4.53. The minimum Gasteiger partial charge on any atom is -0.394 e. The minimum atomic E-state index is 0.0834. The van der Waals surface area contributed by atoms with Crippen molar-refractivity contribution in [3.8, 4) is 0 Å². The molecule has 0 aliphatic carbocycles. The van der Waals surface area contributed by atoms with Crippen molar-refractivity contribution in [1.29, 1.82) is 0 Å². The van der Waals surface area contributed by atoms with Gasteiger partial charge in [-0.15, -0.1) is 0 Å².